The van der Waals surface area contributed by atoms with Gasteiger partial charge in [-0.3, -0.25) is 0 Å². The molecule has 0 saturated heterocycles. The molecule has 8 nitrogen and oxygen atoms in total. The Morgan fingerprint density at radius 3 is 1.28 bits per heavy atom. The second kappa shape index (κ2) is 17.1. The fraction of sp³-hybridized carbons (Fsp3) is 0.222. The van der Waals surface area contributed by atoms with E-state index in [0.29, 0.717) is 20.7 Å². The van der Waals surface area contributed by atoms with Crippen molar-refractivity contribution in [1.82, 2.24) is 10.6 Å². The molecule has 0 aromatic heterocycles. The average molecular weight is 1010 g/mol. The number of benzene rings is 2. The average Bonchev–Trinajstić information content (AvgIpc) is 3.84. The van der Waals surface area contributed by atoms with E-state index in [1.807, 2.05) is 24.3 Å². The van der Waals surface area contributed by atoms with Crippen molar-refractivity contribution in [2.45, 2.75) is 40.5 Å². The van der Waals surface area contributed by atoms with Gasteiger partial charge in [-0.05, 0) is 0 Å². The third kappa shape index (κ3) is 7.46. The molecule has 4 aliphatic carbocycles. The van der Waals surface area contributed by atoms with Crippen LogP contribution in [0.3, 0.4) is 0 Å². The Labute approximate surface area is 309 Å². The van der Waals surface area contributed by atoms with Gasteiger partial charge in [0, 0.05) is 25.8 Å². The Hall–Kier alpha value is -2.77. The van der Waals surface area contributed by atoms with Gasteiger partial charge in [-0.25, -0.2) is 0 Å². The molecule has 0 heterocycles. The second-order valence-corrected chi connectivity index (χ2v) is 27.4. The summed E-state index contributed by atoms with van der Waals surface area (Å²) in [7, 11) is 0. The van der Waals surface area contributed by atoms with Gasteiger partial charge in [0.15, 0.2) is 0 Å². The van der Waals surface area contributed by atoms with E-state index in [2.05, 4.69) is 89.6 Å². The zero-order valence-electron chi connectivity index (χ0n) is 26.9. The monoisotopic (exact) mass is 1010 g/mol. The molecule has 2 aromatic carbocycles. The number of anilines is 2. The van der Waals surface area contributed by atoms with Crippen LogP contribution in [0.1, 0.15) is 43.0 Å². The van der Waals surface area contributed by atoms with Gasteiger partial charge in [-0.15, -0.1) is 0 Å². The summed E-state index contributed by atoms with van der Waals surface area (Å²) in [5, 5.41) is 11.4. The smallest absolute Gasteiger partial charge is 0 e. The van der Waals surface area contributed by atoms with Crippen molar-refractivity contribution in [3.05, 3.63) is 117 Å². The van der Waals surface area contributed by atoms with Gasteiger partial charge in [0.25, 0.3) is 0 Å². The van der Waals surface area contributed by atoms with Crippen LogP contribution < -0.4 is 21.3 Å². The molecule has 4 amide bonds. The minimum Gasteiger partial charge on any atom is 0 e. The molecule has 2 unspecified atom stereocenters. The summed E-state index contributed by atoms with van der Waals surface area (Å²) in [6, 6.07) is 12.0. The molecule has 0 spiro atoms. The van der Waals surface area contributed by atoms with E-state index in [4.69, 9.17) is 0 Å². The van der Waals surface area contributed by atoms with Crippen LogP contribution in [0.4, 0.5) is 11.4 Å². The fourth-order valence-corrected chi connectivity index (χ4v) is 17.1. The maximum Gasteiger partial charge on any atom is 0 e. The number of fused-ring (bicyclic) bond motifs is 2. The number of hydrogen-bond acceptors (Lipinski definition) is 4. The quantitative estimate of drug-likeness (QED) is 0.155. The number of allylic oxidation sites excluding steroid dienone is 10. The minimum absolute atomic E-state index is 0. The predicted molar refractivity (Wildman–Crippen MR) is 189 cm³/mol. The van der Waals surface area contributed by atoms with Crippen LogP contribution in [0, 0.1) is 0 Å². The first-order chi connectivity index (χ1) is 22.4. The summed E-state index contributed by atoms with van der Waals surface area (Å²) >= 11 is -3.36. The molecule has 0 bridgehead atoms. The third-order valence-corrected chi connectivity index (χ3v) is 18.7. The van der Waals surface area contributed by atoms with Gasteiger partial charge < -0.3 is 0 Å². The zero-order valence-corrected chi connectivity index (χ0v) is 36.2. The Balaban J connectivity index is 0.000000208. The second-order valence-electron chi connectivity index (χ2n) is 11.8. The topological polar surface area (TPSA) is 116 Å². The molecular weight excluding hydrogens is 968 g/mol. The minimum atomic E-state index is -1.68. The molecule has 2 radical (unpaired) electrons. The standard InChI is InChI=1S/2C16H13N2O2.4CH3.Hf.2Sn/c2*19-9-17-14-7-3-6-12-8-13(11-4-1-2-5-11)16(15(12)14)18-10-20;;;;;;;/h2*1-4,6-10H,5H2,(H,17,19)(H,18,20);4*1H3;;;. The number of carbonyl (C=O) groups is 4. The predicted octanol–water partition coefficient (Wildman–Crippen LogP) is 5.98. The van der Waals surface area contributed by atoms with Gasteiger partial charge in [0.1, 0.15) is 0 Å². The van der Waals surface area contributed by atoms with Crippen molar-refractivity contribution in [3.63, 3.8) is 0 Å². The van der Waals surface area contributed by atoms with E-state index in [9.17, 15) is 19.2 Å². The molecule has 4 N–H and O–H groups in total. The Bertz CT molecular complexity index is 1630. The molecule has 4 aliphatic rings. The van der Waals surface area contributed by atoms with Gasteiger partial charge in [-0.1, -0.05) is 0 Å². The van der Waals surface area contributed by atoms with E-state index >= 15 is 0 Å². The number of amides is 4. The Kier molecular flexibility index (Phi) is 13.4. The summed E-state index contributed by atoms with van der Waals surface area (Å²) < 4.78 is 0.795. The van der Waals surface area contributed by atoms with Crippen LogP contribution in [0.5, 0.6) is 0 Å². The first kappa shape index (κ1) is 37.1. The molecule has 0 fully saturated rings. The zero-order chi connectivity index (χ0) is 32.8. The van der Waals surface area contributed by atoms with Crippen molar-refractivity contribution in [1.29, 1.82) is 0 Å². The first-order valence-electron chi connectivity index (χ1n) is 15.3. The maximum absolute atomic E-state index is 11.2. The number of carbonyl (C=O) groups excluding carboxylic acids is 4. The van der Waals surface area contributed by atoms with Crippen molar-refractivity contribution >= 4 is 87.9 Å². The molecule has 2 atom stereocenters. The SMILES string of the molecule is [CH3][Sn]([CH3])[CH]1C(C2=CC=CC2)=C(NC=O)c2c(NC=O)cccc21.[CH3][Sn]([CH3])[CH]1C(C2=CC=CC2)=C(NC=O)c2c(NC=O)cccc21.[Hf]. The van der Waals surface area contributed by atoms with Crippen molar-refractivity contribution in [3.8, 4) is 0 Å². The Morgan fingerprint density at radius 2 is 0.979 bits per heavy atom. The Morgan fingerprint density at radius 1 is 0.596 bits per heavy atom. The van der Waals surface area contributed by atoms with Gasteiger partial charge in [-0.2, -0.15) is 0 Å². The third-order valence-electron chi connectivity index (χ3n) is 8.66. The van der Waals surface area contributed by atoms with Crippen molar-refractivity contribution in [2.24, 2.45) is 0 Å². The number of rotatable bonds is 12. The summed E-state index contributed by atoms with van der Waals surface area (Å²) in [5.41, 5.74) is 12.7. The van der Waals surface area contributed by atoms with E-state index < -0.39 is 39.5 Å². The van der Waals surface area contributed by atoms with Crippen LogP contribution in [0.25, 0.3) is 11.4 Å². The van der Waals surface area contributed by atoms with Crippen molar-refractivity contribution in [2.75, 3.05) is 10.6 Å². The fourth-order valence-electron chi connectivity index (χ4n) is 7.02. The largest absolute Gasteiger partial charge is 0 e. The summed E-state index contributed by atoms with van der Waals surface area (Å²) in [5.74, 6) is 0. The number of nitrogens with one attached hydrogen (secondary N) is 4. The number of hydrogen-bond donors (Lipinski definition) is 4. The van der Waals surface area contributed by atoms with E-state index in [-0.39, 0.29) is 25.8 Å². The van der Waals surface area contributed by atoms with Gasteiger partial charge in [0.05, 0.1) is 0 Å². The summed E-state index contributed by atoms with van der Waals surface area (Å²) in [6.45, 7) is 0. The van der Waals surface area contributed by atoms with Crippen LogP contribution in [0.2, 0.25) is 19.8 Å². The molecule has 0 aliphatic heterocycles. The van der Waals surface area contributed by atoms with Crippen LogP contribution in [-0.4, -0.2) is 65.2 Å². The molecular formula is C36H38HfN4O4Sn2. The maximum atomic E-state index is 11.2. The van der Waals surface area contributed by atoms with Crippen LogP contribution >= 0.6 is 0 Å². The van der Waals surface area contributed by atoms with Crippen LogP contribution in [-0.2, 0) is 45.0 Å². The van der Waals surface area contributed by atoms with Gasteiger partial charge >= 0.3 is 286 Å². The normalized spacial score (nSPS) is 18.5. The molecule has 0 saturated carbocycles. The van der Waals surface area contributed by atoms with Crippen LogP contribution in [0.15, 0.2) is 95.1 Å². The van der Waals surface area contributed by atoms with Crippen molar-refractivity contribution < 1.29 is 45.0 Å². The van der Waals surface area contributed by atoms with E-state index in [1.165, 1.54) is 33.4 Å². The van der Waals surface area contributed by atoms with Gasteiger partial charge in [0.2, 0.25) is 0 Å². The van der Waals surface area contributed by atoms with E-state index in [1.54, 1.807) is 0 Å². The molecule has 238 valence electrons. The summed E-state index contributed by atoms with van der Waals surface area (Å²) in [6.07, 6.45) is 17.3. The first-order valence-corrected chi connectivity index (χ1v) is 30.0. The summed E-state index contributed by atoms with van der Waals surface area (Å²) in [4.78, 5) is 53.9. The molecule has 11 heteroatoms. The molecule has 2 aromatic rings. The molecule has 6 rings (SSSR count). The molecule has 47 heavy (non-hydrogen) atoms. The van der Waals surface area contributed by atoms with E-state index in [0.717, 1.165) is 59.6 Å².